The maximum atomic E-state index is 15.4. The largest absolute Gasteiger partial charge is 0.396 e. The van der Waals surface area contributed by atoms with Gasteiger partial charge in [-0.25, -0.2) is 0 Å². The Kier molecular flexibility index (Phi) is 9.50. The van der Waals surface area contributed by atoms with Crippen LogP contribution >= 0.6 is 0 Å². The third kappa shape index (κ3) is 7.46. The van der Waals surface area contributed by atoms with E-state index >= 15 is 4.11 Å². The van der Waals surface area contributed by atoms with Gasteiger partial charge in [0.2, 0.25) is 14.3 Å². The van der Waals surface area contributed by atoms with Gasteiger partial charge in [-0.3, -0.25) is 9.48 Å². The smallest absolute Gasteiger partial charge is 0.246 e. The van der Waals surface area contributed by atoms with Gasteiger partial charge in [0.25, 0.3) is 0 Å². The molecular weight excluding hydrogens is 489 g/mol. The highest BCUT2D eigenvalue weighted by molar-refractivity contribution is 6.72. The van der Waals surface area contributed by atoms with Crippen molar-refractivity contribution in [3.63, 3.8) is 0 Å². The molecule has 8 nitrogen and oxygen atoms in total. The van der Waals surface area contributed by atoms with Gasteiger partial charge < -0.3 is 24.6 Å². The fourth-order valence-corrected chi connectivity index (χ4v) is 8.61. The van der Waals surface area contributed by atoms with Crippen LogP contribution in [0.5, 0.6) is 0 Å². The summed E-state index contributed by atoms with van der Waals surface area (Å²) in [5, 5.41) is 23.7. The highest BCUT2D eigenvalue weighted by Gasteiger charge is 2.50. The van der Waals surface area contributed by atoms with Crippen LogP contribution in [0.15, 0.2) is 30.5 Å². The molecule has 2 aromatic rings. The number of nitrogens with one attached hydrogen (secondary N) is 2. The second-order valence-corrected chi connectivity index (χ2v) is 15.0. The molecule has 1 aromatic carbocycles. The predicted octanol–water partition coefficient (Wildman–Crippen LogP) is 3.72. The first-order valence-corrected chi connectivity index (χ1v) is 16.6. The van der Waals surface area contributed by atoms with Crippen molar-refractivity contribution >= 4 is 20.0 Å². The molecule has 1 aromatic heterocycles. The monoisotopic (exact) mass is 531 g/mol. The van der Waals surface area contributed by atoms with Crippen LogP contribution in [-0.2, 0) is 28.9 Å². The summed E-state index contributed by atoms with van der Waals surface area (Å²) in [6.45, 7) is 8.08. The number of benzene rings is 1. The number of hydrogen-bond acceptors (Lipinski definition) is 6. The lowest BCUT2D eigenvalue weighted by Crippen LogP contribution is -2.37. The normalized spacial score (nSPS) is 26.4. The minimum Gasteiger partial charge on any atom is -0.396 e. The van der Waals surface area contributed by atoms with E-state index in [2.05, 4.69) is 33.9 Å². The standard InChI is InChI=1S/C27H42FN5O3Si/c1-19-24(10-9-20-6-4-8-22(16-20)30-27(35)21-7-5-13-29-17-21)36-25(26(19)37(2,3)28)11-14-33-18-23(12-15-34)31-32-33/h4,6,8,16,18-19,21,24-26,29,34H,5,7,9-15,17H2,1-3H3,(H,30,35)/t19-,21?,24+,25-,26+/m0/s1. The number of aromatic nitrogens is 3. The van der Waals surface area contributed by atoms with Crippen molar-refractivity contribution in [2.75, 3.05) is 25.0 Å². The summed E-state index contributed by atoms with van der Waals surface area (Å²) >= 11 is 0. The van der Waals surface area contributed by atoms with Gasteiger partial charge in [0, 0.05) is 43.5 Å². The Morgan fingerprint density at radius 1 is 1.30 bits per heavy atom. The van der Waals surface area contributed by atoms with Gasteiger partial charge >= 0.3 is 0 Å². The van der Waals surface area contributed by atoms with Crippen molar-refractivity contribution < 1.29 is 18.7 Å². The maximum Gasteiger partial charge on any atom is 0.246 e. The van der Waals surface area contributed by atoms with Gasteiger partial charge in [0.15, 0.2) is 0 Å². The number of rotatable bonds is 11. The van der Waals surface area contributed by atoms with E-state index in [1.807, 2.05) is 24.4 Å². The van der Waals surface area contributed by atoms with Crippen LogP contribution in [0, 0.1) is 11.8 Å². The van der Waals surface area contributed by atoms with E-state index in [-0.39, 0.29) is 42.1 Å². The molecule has 0 radical (unpaired) electrons. The van der Waals surface area contributed by atoms with E-state index in [4.69, 9.17) is 9.84 Å². The fourth-order valence-electron chi connectivity index (χ4n) is 6.02. The van der Waals surface area contributed by atoms with Crippen molar-refractivity contribution in [3.05, 3.63) is 41.7 Å². The molecule has 37 heavy (non-hydrogen) atoms. The van der Waals surface area contributed by atoms with Crippen LogP contribution in [-0.4, -0.2) is 66.3 Å². The number of carbonyl (C=O) groups excluding carboxylic acids is 1. The van der Waals surface area contributed by atoms with E-state index < -0.39 is 8.41 Å². The number of hydrogen-bond donors (Lipinski definition) is 3. The van der Waals surface area contributed by atoms with Crippen molar-refractivity contribution in [2.45, 2.75) is 82.8 Å². The Labute approximate surface area is 220 Å². The number of aryl methyl sites for hydroxylation is 2. The van der Waals surface area contributed by atoms with E-state index in [9.17, 15) is 4.79 Å². The number of anilines is 1. The zero-order chi connectivity index (χ0) is 26.4. The molecule has 2 saturated heterocycles. The summed E-state index contributed by atoms with van der Waals surface area (Å²) in [7, 11) is -2.95. The second-order valence-electron chi connectivity index (χ2n) is 11.2. The van der Waals surface area contributed by atoms with Crippen LogP contribution in [0.1, 0.15) is 43.9 Å². The highest BCUT2D eigenvalue weighted by atomic mass is 28.4. The summed E-state index contributed by atoms with van der Waals surface area (Å²) in [6.07, 6.45) is 6.43. The molecule has 0 saturated carbocycles. The zero-order valence-corrected chi connectivity index (χ0v) is 23.3. The first-order chi connectivity index (χ1) is 17.7. The number of piperidine rings is 1. The average Bonchev–Trinajstić information content (AvgIpc) is 3.45. The highest BCUT2D eigenvalue weighted by Crippen LogP contribution is 2.47. The number of nitrogens with zero attached hydrogens (tertiary/aromatic N) is 3. The van der Waals surface area contributed by atoms with Crippen LogP contribution in [0.3, 0.4) is 0 Å². The van der Waals surface area contributed by atoms with Gasteiger partial charge in [0.05, 0.1) is 23.8 Å². The molecule has 2 aliphatic heterocycles. The Morgan fingerprint density at radius 3 is 2.86 bits per heavy atom. The lowest BCUT2D eigenvalue weighted by atomic mass is 9.95. The fraction of sp³-hybridized carbons (Fsp3) is 0.667. The minimum absolute atomic E-state index is 0.00946. The SMILES string of the molecule is C[C@@H]1[C@@H]([Si](C)(C)F)[C@H](CCn2cc(CCO)nn2)O[C@@H]1CCc1cccc(NC(=O)C2CCCNC2)c1. The van der Waals surface area contributed by atoms with Crippen molar-refractivity contribution in [1.82, 2.24) is 20.3 Å². The molecule has 2 fully saturated rings. The molecule has 3 heterocycles. The molecule has 4 rings (SSSR count). The Bertz CT molecular complexity index is 1020. The number of aliphatic hydroxyl groups is 1. The third-order valence-electron chi connectivity index (χ3n) is 7.87. The number of halogens is 1. The van der Waals surface area contributed by atoms with Crippen molar-refractivity contribution in [3.8, 4) is 0 Å². The van der Waals surface area contributed by atoms with Crippen molar-refractivity contribution in [1.29, 1.82) is 0 Å². The van der Waals surface area contributed by atoms with Crippen LogP contribution in [0.4, 0.5) is 9.80 Å². The number of aliphatic hydroxyl groups excluding tert-OH is 1. The van der Waals surface area contributed by atoms with Gasteiger partial charge in [-0.15, -0.1) is 5.10 Å². The van der Waals surface area contributed by atoms with E-state index in [1.54, 1.807) is 17.8 Å². The summed E-state index contributed by atoms with van der Waals surface area (Å²) in [5.41, 5.74) is 2.65. The van der Waals surface area contributed by atoms with E-state index in [0.717, 1.165) is 55.7 Å². The number of amides is 1. The predicted molar refractivity (Wildman–Crippen MR) is 145 cm³/mol. The Morgan fingerprint density at radius 2 is 2.14 bits per heavy atom. The lowest BCUT2D eigenvalue weighted by molar-refractivity contribution is -0.120. The maximum absolute atomic E-state index is 15.4. The summed E-state index contributed by atoms with van der Waals surface area (Å²) in [4.78, 5) is 12.6. The van der Waals surface area contributed by atoms with Gasteiger partial charge in [0.1, 0.15) is 0 Å². The van der Waals surface area contributed by atoms with Gasteiger partial charge in [-0.1, -0.05) is 24.3 Å². The second kappa shape index (κ2) is 12.6. The van der Waals surface area contributed by atoms with Crippen LogP contribution in [0.25, 0.3) is 0 Å². The molecule has 5 atom stereocenters. The molecule has 204 valence electrons. The van der Waals surface area contributed by atoms with Crippen LogP contribution < -0.4 is 10.6 Å². The minimum atomic E-state index is -2.95. The van der Waals surface area contributed by atoms with Gasteiger partial charge in [-0.05, 0) is 75.4 Å². The molecule has 0 aliphatic carbocycles. The Hall–Kier alpha value is -2.14. The average molecular weight is 532 g/mol. The molecular formula is C27H42FN5O3Si. The first kappa shape index (κ1) is 27.9. The van der Waals surface area contributed by atoms with Gasteiger partial charge in [-0.2, -0.15) is 0 Å². The third-order valence-corrected chi connectivity index (χ3v) is 10.4. The molecule has 0 spiro atoms. The molecule has 10 heteroatoms. The van der Waals surface area contributed by atoms with E-state index in [1.165, 1.54) is 0 Å². The Balaban J connectivity index is 1.34. The number of ether oxygens (including phenoxy) is 1. The first-order valence-electron chi connectivity index (χ1n) is 13.7. The summed E-state index contributed by atoms with van der Waals surface area (Å²) in [6, 6.07) is 8.04. The van der Waals surface area contributed by atoms with Crippen LogP contribution in [0.2, 0.25) is 18.6 Å². The zero-order valence-electron chi connectivity index (χ0n) is 22.3. The topological polar surface area (TPSA) is 101 Å². The summed E-state index contributed by atoms with van der Waals surface area (Å²) < 4.78 is 23.7. The lowest BCUT2D eigenvalue weighted by Gasteiger charge is -2.28. The molecule has 2 aliphatic rings. The van der Waals surface area contributed by atoms with Crippen molar-refractivity contribution in [2.24, 2.45) is 11.8 Å². The molecule has 1 amide bonds. The summed E-state index contributed by atoms with van der Waals surface area (Å²) in [5.74, 6) is 0.235. The molecule has 1 unspecified atom stereocenters. The number of carbonyl (C=O) groups is 1. The molecule has 3 N–H and O–H groups in total. The van der Waals surface area contributed by atoms with E-state index in [0.29, 0.717) is 19.4 Å². The molecule has 0 bridgehead atoms. The quantitative estimate of drug-likeness (QED) is 0.302.